The van der Waals surface area contributed by atoms with E-state index in [4.69, 9.17) is 5.11 Å². The van der Waals surface area contributed by atoms with E-state index in [1.807, 2.05) is 6.92 Å². The van der Waals surface area contributed by atoms with Crippen molar-refractivity contribution in [3.8, 4) is 0 Å². The minimum atomic E-state index is -0.856. The van der Waals surface area contributed by atoms with Gasteiger partial charge >= 0.3 is 5.97 Å². The molecule has 2 heterocycles. The fourth-order valence-electron chi connectivity index (χ4n) is 2.64. The average Bonchev–Trinajstić information content (AvgIpc) is 2.67. The first-order valence-corrected chi connectivity index (χ1v) is 6.52. The quantitative estimate of drug-likeness (QED) is 0.891. The molecule has 1 aromatic rings. The molecule has 1 saturated heterocycles. The van der Waals surface area contributed by atoms with Gasteiger partial charge in [-0.3, -0.25) is 14.3 Å². The minimum Gasteiger partial charge on any atom is -0.481 e. The van der Waals surface area contributed by atoms with Gasteiger partial charge in [-0.1, -0.05) is 0 Å². The third-order valence-electron chi connectivity index (χ3n) is 3.52. The predicted octanol–water partition coefficient (Wildman–Crippen LogP) is 1.20. The number of rotatable bonds is 3. The highest BCUT2D eigenvalue weighted by Gasteiger charge is 2.30. The molecule has 1 atom stereocenters. The number of carbonyl (C=O) groups excluding carboxylic acids is 1. The summed E-state index contributed by atoms with van der Waals surface area (Å²) in [6.07, 6.45) is 2.68. The average molecular weight is 265 g/mol. The van der Waals surface area contributed by atoms with Gasteiger partial charge in [-0.25, -0.2) is 0 Å². The number of hydrogen-bond donors (Lipinski definition) is 1. The summed E-state index contributed by atoms with van der Waals surface area (Å²) in [7, 11) is 1.73. The highest BCUT2D eigenvalue weighted by Crippen LogP contribution is 2.22. The predicted molar refractivity (Wildman–Crippen MR) is 68.9 cm³/mol. The fraction of sp³-hybridized carbons (Fsp3) is 0.615. The molecule has 0 aromatic carbocycles. The molecule has 6 nitrogen and oxygen atoms in total. The molecule has 1 aliphatic rings. The van der Waals surface area contributed by atoms with Gasteiger partial charge in [0.25, 0.3) is 5.91 Å². The topological polar surface area (TPSA) is 75.4 Å². The number of nitrogens with zero attached hydrogens (tertiary/aromatic N) is 3. The molecule has 0 radical (unpaired) electrons. The molecule has 0 saturated carbocycles. The number of carboxylic acid groups (broad SMARTS) is 1. The van der Waals surface area contributed by atoms with Crippen molar-refractivity contribution in [2.75, 3.05) is 6.54 Å². The number of likely N-dealkylation sites (tertiary alicyclic amines) is 1. The summed E-state index contributed by atoms with van der Waals surface area (Å²) in [6.45, 7) is 2.46. The maximum atomic E-state index is 12.5. The second kappa shape index (κ2) is 5.42. The monoisotopic (exact) mass is 265 g/mol. The molecular weight excluding hydrogens is 246 g/mol. The lowest BCUT2D eigenvalue weighted by molar-refractivity contribution is -0.138. The summed E-state index contributed by atoms with van der Waals surface area (Å²) >= 11 is 0. The number of piperidine rings is 1. The van der Waals surface area contributed by atoms with Crippen molar-refractivity contribution >= 4 is 11.9 Å². The van der Waals surface area contributed by atoms with Crippen LogP contribution in [0.25, 0.3) is 0 Å². The van der Waals surface area contributed by atoms with Crippen LogP contribution in [0.2, 0.25) is 0 Å². The normalized spacial score (nSPS) is 19.5. The van der Waals surface area contributed by atoms with E-state index in [0.717, 1.165) is 25.0 Å². The molecule has 1 amide bonds. The zero-order valence-electron chi connectivity index (χ0n) is 11.3. The lowest BCUT2D eigenvalue weighted by Crippen LogP contribution is -2.45. The molecule has 104 valence electrons. The van der Waals surface area contributed by atoms with E-state index in [9.17, 15) is 9.59 Å². The Morgan fingerprint density at radius 2 is 2.21 bits per heavy atom. The van der Waals surface area contributed by atoms with Crippen LogP contribution in [0.15, 0.2) is 6.07 Å². The molecule has 0 bridgehead atoms. The Balaban J connectivity index is 2.19. The molecule has 2 rings (SSSR count). The summed E-state index contributed by atoms with van der Waals surface area (Å²) in [5, 5.41) is 13.1. The van der Waals surface area contributed by atoms with Crippen molar-refractivity contribution in [2.24, 2.45) is 7.05 Å². The second-order valence-electron chi connectivity index (χ2n) is 5.04. The third kappa shape index (κ3) is 2.94. The van der Waals surface area contributed by atoms with Crippen molar-refractivity contribution in [3.05, 3.63) is 17.5 Å². The summed E-state index contributed by atoms with van der Waals surface area (Å²) in [5.74, 6) is -0.972. The van der Waals surface area contributed by atoms with Crippen molar-refractivity contribution in [2.45, 2.75) is 38.6 Å². The van der Waals surface area contributed by atoms with Gasteiger partial charge in [-0.15, -0.1) is 0 Å². The summed E-state index contributed by atoms with van der Waals surface area (Å²) in [4.78, 5) is 25.1. The highest BCUT2D eigenvalue weighted by molar-refractivity contribution is 5.93. The number of amides is 1. The van der Waals surface area contributed by atoms with Gasteiger partial charge in [0.05, 0.1) is 12.1 Å². The highest BCUT2D eigenvalue weighted by atomic mass is 16.4. The molecule has 19 heavy (non-hydrogen) atoms. The largest absolute Gasteiger partial charge is 0.481 e. The molecule has 0 aliphatic carbocycles. The van der Waals surface area contributed by atoms with Gasteiger partial charge < -0.3 is 10.0 Å². The van der Waals surface area contributed by atoms with Gasteiger partial charge in [0.15, 0.2) is 0 Å². The first-order valence-electron chi connectivity index (χ1n) is 6.52. The third-order valence-corrected chi connectivity index (χ3v) is 3.52. The number of carboxylic acids is 1. The Kier molecular flexibility index (Phi) is 3.87. The van der Waals surface area contributed by atoms with Crippen LogP contribution in [0.4, 0.5) is 0 Å². The number of aromatic nitrogens is 2. The van der Waals surface area contributed by atoms with Gasteiger partial charge in [0.2, 0.25) is 0 Å². The van der Waals surface area contributed by atoms with Crippen molar-refractivity contribution in [1.82, 2.24) is 14.7 Å². The SMILES string of the molecule is Cc1cc(C(=O)N2CCCCC2CC(=O)O)n(C)n1. The van der Waals surface area contributed by atoms with Crippen LogP contribution in [0.5, 0.6) is 0 Å². The van der Waals surface area contributed by atoms with E-state index in [2.05, 4.69) is 5.10 Å². The van der Waals surface area contributed by atoms with E-state index in [1.54, 1.807) is 22.7 Å². The minimum absolute atomic E-state index is 0.0164. The maximum Gasteiger partial charge on any atom is 0.305 e. The van der Waals surface area contributed by atoms with E-state index < -0.39 is 5.97 Å². The fourth-order valence-corrected chi connectivity index (χ4v) is 2.64. The number of hydrogen-bond acceptors (Lipinski definition) is 3. The molecule has 1 unspecified atom stereocenters. The first-order chi connectivity index (χ1) is 8.99. The van der Waals surface area contributed by atoms with Crippen molar-refractivity contribution < 1.29 is 14.7 Å². The smallest absolute Gasteiger partial charge is 0.305 e. The van der Waals surface area contributed by atoms with Crippen LogP contribution in [-0.2, 0) is 11.8 Å². The molecule has 6 heteroatoms. The Bertz CT molecular complexity index is 495. The Labute approximate surface area is 112 Å². The van der Waals surface area contributed by atoms with Crippen LogP contribution < -0.4 is 0 Å². The molecule has 0 spiro atoms. The molecule has 1 fully saturated rings. The van der Waals surface area contributed by atoms with Crippen LogP contribution in [0.1, 0.15) is 41.9 Å². The van der Waals surface area contributed by atoms with Gasteiger partial charge in [-0.2, -0.15) is 5.10 Å². The van der Waals surface area contributed by atoms with Crippen LogP contribution >= 0.6 is 0 Å². The van der Waals surface area contributed by atoms with E-state index in [0.29, 0.717) is 12.2 Å². The summed E-state index contributed by atoms with van der Waals surface area (Å²) in [6, 6.07) is 1.54. The summed E-state index contributed by atoms with van der Waals surface area (Å²) < 4.78 is 1.56. The van der Waals surface area contributed by atoms with E-state index in [1.165, 1.54) is 0 Å². The van der Waals surface area contributed by atoms with Gasteiger partial charge in [0.1, 0.15) is 5.69 Å². The lowest BCUT2D eigenvalue weighted by Gasteiger charge is -2.34. The zero-order valence-corrected chi connectivity index (χ0v) is 11.3. The number of aryl methyl sites for hydroxylation is 2. The maximum absolute atomic E-state index is 12.5. The standard InChI is InChI=1S/C13H19N3O3/c1-9-7-11(15(2)14-9)13(19)16-6-4-3-5-10(16)8-12(17)18/h7,10H,3-6,8H2,1-2H3,(H,17,18). The molecule has 1 aliphatic heterocycles. The summed E-state index contributed by atoms with van der Waals surface area (Å²) in [5.41, 5.74) is 1.31. The van der Waals surface area contributed by atoms with Crippen LogP contribution in [0.3, 0.4) is 0 Å². The first kappa shape index (κ1) is 13.6. The van der Waals surface area contributed by atoms with Gasteiger partial charge in [-0.05, 0) is 32.3 Å². The second-order valence-corrected chi connectivity index (χ2v) is 5.04. The number of aliphatic carboxylic acids is 1. The van der Waals surface area contributed by atoms with Crippen molar-refractivity contribution in [1.29, 1.82) is 0 Å². The Morgan fingerprint density at radius 3 is 2.79 bits per heavy atom. The Morgan fingerprint density at radius 1 is 1.47 bits per heavy atom. The van der Waals surface area contributed by atoms with E-state index >= 15 is 0 Å². The van der Waals surface area contributed by atoms with Gasteiger partial charge in [0, 0.05) is 19.6 Å². The van der Waals surface area contributed by atoms with Crippen LogP contribution in [0, 0.1) is 6.92 Å². The molecule has 1 N–H and O–H groups in total. The molecule has 1 aromatic heterocycles. The Hall–Kier alpha value is -1.85. The lowest BCUT2D eigenvalue weighted by atomic mass is 9.99. The zero-order chi connectivity index (χ0) is 14.0. The van der Waals surface area contributed by atoms with Crippen LogP contribution in [-0.4, -0.2) is 44.3 Å². The number of carbonyl (C=O) groups is 2. The molecular formula is C13H19N3O3. The van der Waals surface area contributed by atoms with E-state index in [-0.39, 0.29) is 18.4 Å². The van der Waals surface area contributed by atoms with Crippen molar-refractivity contribution in [3.63, 3.8) is 0 Å².